The van der Waals surface area contributed by atoms with Crippen LogP contribution in [-0.4, -0.2) is 92.3 Å². The maximum atomic E-state index is 12.8. The number of nitrogens with one attached hydrogen (secondary N) is 1. The smallest absolute Gasteiger partial charge is 0.356 e. The van der Waals surface area contributed by atoms with Crippen LogP contribution in [0.15, 0.2) is 4.99 Å². The third kappa shape index (κ3) is 8.60. The topological polar surface area (TPSA) is 34.1 Å². The van der Waals surface area contributed by atoms with Gasteiger partial charge in [-0.25, -0.2) is 0 Å². The van der Waals surface area contributed by atoms with Gasteiger partial charge in [-0.2, -0.15) is 13.2 Å². The molecule has 0 aromatic carbocycles. The molecule has 1 saturated heterocycles. The summed E-state index contributed by atoms with van der Waals surface area (Å²) in [4.78, 5) is 10.1. The van der Waals surface area contributed by atoms with Gasteiger partial charge in [0.1, 0.15) is 6.04 Å². The summed E-state index contributed by atoms with van der Waals surface area (Å²) in [6.45, 7) is 9.42. The highest BCUT2D eigenvalue weighted by Crippen LogP contribution is 2.25. The molecular weight excluding hydrogens is 458 g/mol. The molecule has 1 rings (SSSR count). The second-order valence-corrected chi connectivity index (χ2v) is 7.00. The highest BCUT2D eigenvalue weighted by atomic mass is 127. The van der Waals surface area contributed by atoms with E-state index in [1.165, 1.54) is 11.8 Å². The van der Waals surface area contributed by atoms with E-state index >= 15 is 0 Å². The largest absolute Gasteiger partial charge is 0.403 e. The molecule has 0 spiro atoms. The first-order valence-corrected chi connectivity index (χ1v) is 9.13. The zero-order valence-corrected chi connectivity index (χ0v) is 19.0. The molecule has 1 fully saturated rings. The first-order valence-electron chi connectivity index (χ1n) is 9.13. The van der Waals surface area contributed by atoms with Crippen LogP contribution >= 0.6 is 24.0 Å². The van der Waals surface area contributed by atoms with Crippen molar-refractivity contribution in [2.45, 2.75) is 51.9 Å². The van der Waals surface area contributed by atoms with Crippen LogP contribution in [0.3, 0.4) is 0 Å². The van der Waals surface area contributed by atoms with Crippen LogP contribution in [0.4, 0.5) is 13.2 Å². The lowest BCUT2D eigenvalue weighted by Crippen LogP contribution is -2.56. The Bertz CT molecular complexity index is 410. The molecule has 1 aliphatic rings. The van der Waals surface area contributed by atoms with E-state index in [-0.39, 0.29) is 24.0 Å². The Labute approximate surface area is 173 Å². The minimum atomic E-state index is -4.16. The quantitative estimate of drug-likeness (QED) is 0.256. The molecule has 156 valence electrons. The Balaban J connectivity index is 0.00000625. The normalized spacial score (nSPS) is 18.2. The average Bonchev–Trinajstić information content (AvgIpc) is 2.56. The molecule has 0 radical (unpaired) electrons. The molecule has 26 heavy (non-hydrogen) atoms. The lowest BCUT2D eigenvalue weighted by Gasteiger charge is -2.39. The number of halogens is 4. The van der Waals surface area contributed by atoms with Crippen molar-refractivity contribution in [3.63, 3.8) is 0 Å². The molecule has 0 amide bonds. The molecule has 1 heterocycles. The van der Waals surface area contributed by atoms with Gasteiger partial charge in [0.2, 0.25) is 0 Å². The Morgan fingerprint density at radius 2 is 1.69 bits per heavy atom. The van der Waals surface area contributed by atoms with Crippen LogP contribution in [0.1, 0.15) is 33.6 Å². The molecule has 9 heteroatoms. The van der Waals surface area contributed by atoms with Crippen LogP contribution in [0.25, 0.3) is 0 Å². The van der Waals surface area contributed by atoms with Gasteiger partial charge >= 0.3 is 6.18 Å². The van der Waals surface area contributed by atoms with Crippen LogP contribution in [0, 0.1) is 0 Å². The first-order chi connectivity index (χ1) is 11.7. The molecule has 0 saturated carbocycles. The molecule has 1 N–H and O–H groups in total. The summed E-state index contributed by atoms with van der Waals surface area (Å²) in [6, 6.07) is -0.835. The van der Waals surface area contributed by atoms with E-state index in [1.54, 1.807) is 7.05 Å². The molecule has 0 bridgehead atoms. The highest BCUT2D eigenvalue weighted by Gasteiger charge is 2.41. The molecule has 0 aliphatic carbocycles. The minimum absolute atomic E-state index is 0. The second kappa shape index (κ2) is 12.2. The van der Waals surface area contributed by atoms with E-state index < -0.39 is 12.2 Å². The summed E-state index contributed by atoms with van der Waals surface area (Å²) in [7, 11) is 3.85. The predicted octanol–water partition coefficient (Wildman–Crippen LogP) is 2.87. The zero-order valence-electron chi connectivity index (χ0n) is 16.6. The van der Waals surface area contributed by atoms with Crippen LogP contribution in [0.2, 0.25) is 0 Å². The number of hydrogen-bond acceptors (Lipinski definition) is 3. The van der Waals surface area contributed by atoms with Gasteiger partial charge in [0, 0.05) is 45.8 Å². The van der Waals surface area contributed by atoms with Gasteiger partial charge in [-0.05, 0) is 47.2 Å². The Kier molecular flexibility index (Phi) is 12.1. The molecule has 1 aliphatic heterocycles. The van der Waals surface area contributed by atoms with Gasteiger partial charge in [0.25, 0.3) is 0 Å². The van der Waals surface area contributed by atoms with Gasteiger partial charge in [0.05, 0.1) is 0 Å². The Hall–Kier alpha value is -0.290. The van der Waals surface area contributed by atoms with Gasteiger partial charge in [-0.1, -0.05) is 0 Å². The number of nitrogens with zero attached hydrogens (tertiary/aromatic N) is 4. The average molecular weight is 493 g/mol. The standard InChI is InChI=1S/C17H34F3N5.HI/c1-14(2)23(5)9-7-6-8-22-16(21-4)25-12-10-24(11-13-25)15(3)17(18,19)20;/h14-15H,6-13H2,1-5H3,(H,21,22);1H. The lowest BCUT2D eigenvalue weighted by atomic mass is 10.2. The maximum Gasteiger partial charge on any atom is 0.403 e. The maximum absolute atomic E-state index is 12.8. The number of aliphatic imine (C=N–C) groups is 1. The van der Waals surface area contributed by atoms with Crippen LogP contribution in [-0.2, 0) is 0 Å². The molecule has 1 atom stereocenters. The second-order valence-electron chi connectivity index (χ2n) is 7.00. The number of alkyl halides is 3. The highest BCUT2D eigenvalue weighted by molar-refractivity contribution is 14.0. The van der Waals surface area contributed by atoms with E-state index in [2.05, 4.69) is 36.1 Å². The van der Waals surface area contributed by atoms with Crippen molar-refractivity contribution in [3.8, 4) is 0 Å². The number of guanidine groups is 1. The van der Waals surface area contributed by atoms with Gasteiger partial charge in [-0.3, -0.25) is 9.89 Å². The molecule has 0 aromatic heterocycles. The number of unbranched alkanes of at least 4 members (excludes halogenated alkanes) is 1. The fourth-order valence-corrected chi connectivity index (χ4v) is 2.80. The van der Waals surface area contributed by atoms with E-state index in [0.29, 0.717) is 32.2 Å². The SMILES string of the molecule is CN=C(NCCCCN(C)C(C)C)N1CCN(C(C)C(F)(F)F)CC1.I. The fraction of sp³-hybridized carbons (Fsp3) is 0.941. The monoisotopic (exact) mass is 493 g/mol. The molecule has 1 unspecified atom stereocenters. The summed E-state index contributed by atoms with van der Waals surface area (Å²) in [5, 5.41) is 3.33. The van der Waals surface area contributed by atoms with Crippen molar-refractivity contribution in [2.75, 3.05) is 53.4 Å². The van der Waals surface area contributed by atoms with Crippen molar-refractivity contribution in [1.29, 1.82) is 0 Å². The van der Waals surface area contributed by atoms with Crippen molar-refractivity contribution >= 4 is 29.9 Å². The Morgan fingerprint density at radius 3 is 2.15 bits per heavy atom. The Morgan fingerprint density at radius 1 is 1.12 bits per heavy atom. The van der Waals surface area contributed by atoms with E-state index in [1.807, 2.05) is 4.90 Å². The van der Waals surface area contributed by atoms with Crippen LogP contribution in [0.5, 0.6) is 0 Å². The number of rotatable bonds is 7. The van der Waals surface area contributed by atoms with Crippen molar-refractivity contribution in [1.82, 2.24) is 20.0 Å². The van der Waals surface area contributed by atoms with Crippen LogP contribution < -0.4 is 5.32 Å². The first kappa shape index (κ1) is 25.7. The summed E-state index contributed by atoms with van der Waals surface area (Å²) < 4.78 is 38.4. The summed E-state index contributed by atoms with van der Waals surface area (Å²) in [6.07, 6.45) is -2.01. The van der Waals surface area contributed by atoms with E-state index in [0.717, 1.165) is 31.9 Å². The molecular formula is C17H35F3IN5. The van der Waals surface area contributed by atoms with E-state index in [4.69, 9.17) is 0 Å². The summed E-state index contributed by atoms with van der Waals surface area (Å²) in [5.74, 6) is 0.788. The third-order valence-corrected chi connectivity index (χ3v) is 4.95. The lowest BCUT2D eigenvalue weighted by molar-refractivity contribution is -0.181. The fourth-order valence-electron chi connectivity index (χ4n) is 2.80. The molecule has 5 nitrogen and oxygen atoms in total. The number of hydrogen-bond donors (Lipinski definition) is 1. The number of piperazine rings is 1. The van der Waals surface area contributed by atoms with Crippen molar-refractivity contribution < 1.29 is 13.2 Å². The van der Waals surface area contributed by atoms with Gasteiger partial charge in [-0.15, -0.1) is 24.0 Å². The molecule has 0 aromatic rings. The summed E-state index contributed by atoms with van der Waals surface area (Å²) in [5.41, 5.74) is 0. The van der Waals surface area contributed by atoms with Crippen molar-refractivity contribution in [2.24, 2.45) is 4.99 Å². The van der Waals surface area contributed by atoms with Gasteiger partial charge < -0.3 is 15.1 Å². The predicted molar refractivity (Wildman–Crippen MR) is 112 cm³/mol. The third-order valence-electron chi connectivity index (χ3n) is 4.95. The van der Waals surface area contributed by atoms with E-state index in [9.17, 15) is 13.2 Å². The van der Waals surface area contributed by atoms with Gasteiger partial charge in [0.15, 0.2) is 5.96 Å². The minimum Gasteiger partial charge on any atom is -0.356 e. The van der Waals surface area contributed by atoms with Crippen molar-refractivity contribution in [3.05, 3.63) is 0 Å². The summed E-state index contributed by atoms with van der Waals surface area (Å²) >= 11 is 0. The zero-order chi connectivity index (χ0) is 19.0.